The fraction of sp³-hybridized carbons (Fsp3) is 0.526. The maximum Gasteiger partial charge on any atom is 0.435 e. The van der Waals surface area contributed by atoms with Crippen molar-refractivity contribution in [2.24, 2.45) is 0 Å². The number of ether oxygens (including phenoxy) is 3. The number of carbonyl (C=O) groups excluding carboxylic acids is 2. The van der Waals surface area contributed by atoms with Crippen LogP contribution in [0, 0.1) is 5.82 Å². The molecular formula is C19H26FN3O5. The van der Waals surface area contributed by atoms with Gasteiger partial charge in [-0.3, -0.25) is 5.32 Å². The molecule has 1 heterocycles. The summed E-state index contributed by atoms with van der Waals surface area (Å²) in [7, 11) is 0. The molecule has 2 aromatic rings. The molecule has 0 bridgehead atoms. The Morgan fingerprint density at radius 1 is 1.11 bits per heavy atom. The molecule has 0 unspecified atom stereocenters. The molecule has 1 amide bonds. The molecule has 0 atom stereocenters. The van der Waals surface area contributed by atoms with E-state index in [1.165, 1.54) is 12.1 Å². The largest absolute Gasteiger partial charge is 0.491 e. The van der Waals surface area contributed by atoms with Crippen molar-refractivity contribution >= 4 is 28.9 Å². The highest BCUT2D eigenvalue weighted by Gasteiger charge is 2.27. The Morgan fingerprint density at radius 2 is 1.71 bits per heavy atom. The molecular weight excluding hydrogens is 369 g/mol. The van der Waals surface area contributed by atoms with E-state index in [1.54, 1.807) is 48.5 Å². The van der Waals surface area contributed by atoms with Crippen LogP contribution < -0.4 is 10.1 Å². The zero-order valence-corrected chi connectivity index (χ0v) is 17.2. The summed E-state index contributed by atoms with van der Waals surface area (Å²) in [4.78, 5) is 24.7. The number of anilines is 1. The molecule has 0 fully saturated rings. The van der Waals surface area contributed by atoms with Gasteiger partial charge in [-0.2, -0.15) is 4.68 Å². The fourth-order valence-corrected chi connectivity index (χ4v) is 2.34. The summed E-state index contributed by atoms with van der Waals surface area (Å²) in [5, 5.41) is 6.70. The van der Waals surface area contributed by atoms with E-state index >= 15 is 0 Å². The van der Waals surface area contributed by atoms with E-state index in [1.807, 2.05) is 0 Å². The van der Waals surface area contributed by atoms with E-state index in [-0.39, 0.29) is 29.1 Å². The Balaban J connectivity index is 2.55. The molecule has 2 rings (SSSR count). The Hall–Kier alpha value is -2.84. The lowest BCUT2D eigenvalue weighted by molar-refractivity contribution is 0.0519. The lowest BCUT2D eigenvalue weighted by atomic mass is 10.2. The summed E-state index contributed by atoms with van der Waals surface area (Å²) < 4.78 is 31.5. The van der Waals surface area contributed by atoms with Gasteiger partial charge in [0.15, 0.2) is 17.4 Å². The van der Waals surface area contributed by atoms with Crippen molar-refractivity contribution in [3.05, 3.63) is 17.9 Å². The average Bonchev–Trinajstić information content (AvgIpc) is 2.86. The molecule has 9 heteroatoms. The first kappa shape index (κ1) is 21.5. The molecule has 0 aliphatic rings. The average molecular weight is 395 g/mol. The van der Waals surface area contributed by atoms with Gasteiger partial charge < -0.3 is 14.2 Å². The summed E-state index contributed by atoms with van der Waals surface area (Å²) >= 11 is 0. The normalized spacial score (nSPS) is 12.0. The van der Waals surface area contributed by atoms with Crippen molar-refractivity contribution in [2.45, 2.75) is 59.7 Å². The van der Waals surface area contributed by atoms with Gasteiger partial charge in [0.05, 0.1) is 6.61 Å². The van der Waals surface area contributed by atoms with Gasteiger partial charge in [-0.05, 0) is 60.6 Å². The van der Waals surface area contributed by atoms with Crippen LogP contribution in [0.3, 0.4) is 0 Å². The maximum atomic E-state index is 15.0. The number of amides is 1. The highest BCUT2D eigenvalue weighted by molar-refractivity contribution is 6.01. The van der Waals surface area contributed by atoms with Gasteiger partial charge in [-0.25, -0.2) is 14.0 Å². The van der Waals surface area contributed by atoms with Gasteiger partial charge in [-0.1, -0.05) is 0 Å². The van der Waals surface area contributed by atoms with Crippen LogP contribution in [0.15, 0.2) is 12.1 Å². The number of rotatable bonds is 3. The summed E-state index contributed by atoms with van der Waals surface area (Å²) in [6.07, 6.45) is -1.67. The second kappa shape index (κ2) is 7.65. The lowest BCUT2D eigenvalue weighted by Crippen LogP contribution is -2.28. The fourth-order valence-electron chi connectivity index (χ4n) is 2.34. The Bertz CT molecular complexity index is 894. The molecule has 0 saturated carbocycles. The molecule has 0 aliphatic heterocycles. The van der Waals surface area contributed by atoms with Crippen LogP contribution in [0.25, 0.3) is 10.9 Å². The minimum atomic E-state index is -0.887. The summed E-state index contributed by atoms with van der Waals surface area (Å²) in [5.74, 6) is -0.851. The van der Waals surface area contributed by atoms with Crippen molar-refractivity contribution < 1.29 is 28.2 Å². The number of nitrogens with one attached hydrogen (secondary N) is 1. The number of nitrogens with zero attached hydrogens (tertiary/aromatic N) is 2. The van der Waals surface area contributed by atoms with Crippen LogP contribution in [0.1, 0.15) is 48.5 Å². The Labute approximate surface area is 162 Å². The highest BCUT2D eigenvalue weighted by atomic mass is 19.1. The van der Waals surface area contributed by atoms with Crippen molar-refractivity contribution in [1.29, 1.82) is 0 Å². The van der Waals surface area contributed by atoms with Gasteiger partial charge in [-0.15, -0.1) is 5.10 Å². The van der Waals surface area contributed by atoms with E-state index in [9.17, 15) is 14.0 Å². The summed E-state index contributed by atoms with van der Waals surface area (Å²) in [6, 6.07) is 2.91. The molecule has 0 radical (unpaired) electrons. The molecule has 1 aromatic carbocycles. The molecule has 0 aliphatic carbocycles. The van der Waals surface area contributed by atoms with Crippen LogP contribution in [0.4, 0.5) is 19.8 Å². The van der Waals surface area contributed by atoms with E-state index in [0.717, 1.165) is 4.68 Å². The minimum absolute atomic E-state index is 0.0305. The highest BCUT2D eigenvalue weighted by Crippen LogP contribution is 2.32. The van der Waals surface area contributed by atoms with Crippen LogP contribution in [0.2, 0.25) is 0 Å². The standard InChI is InChI=1S/C19H26FN3O5/c1-8-26-12-10-9-11-14(13(12)20)23(17(25)28-19(5,6)7)22-15(11)21-16(24)27-18(2,3)4/h9-10H,8H2,1-7H3,(H,21,22,24). The number of benzene rings is 1. The summed E-state index contributed by atoms with van der Waals surface area (Å²) in [6.45, 7) is 12.1. The lowest BCUT2D eigenvalue weighted by Gasteiger charge is -2.19. The second-order valence-corrected chi connectivity index (χ2v) is 8.07. The Kier molecular flexibility index (Phi) is 5.86. The molecule has 0 spiro atoms. The third kappa shape index (κ3) is 5.11. The van der Waals surface area contributed by atoms with Crippen molar-refractivity contribution in [3.8, 4) is 5.75 Å². The third-order valence-electron chi connectivity index (χ3n) is 3.23. The molecule has 154 valence electrons. The van der Waals surface area contributed by atoms with E-state index in [0.29, 0.717) is 0 Å². The van der Waals surface area contributed by atoms with Crippen LogP contribution in [0.5, 0.6) is 5.75 Å². The van der Waals surface area contributed by atoms with Crippen molar-refractivity contribution in [1.82, 2.24) is 9.78 Å². The van der Waals surface area contributed by atoms with E-state index in [4.69, 9.17) is 14.2 Å². The van der Waals surface area contributed by atoms with Gasteiger partial charge >= 0.3 is 12.2 Å². The first-order valence-electron chi connectivity index (χ1n) is 8.90. The molecule has 8 nitrogen and oxygen atoms in total. The molecule has 0 saturated heterocycles. The topological polar surface area (TPSA) is 91.7 Å². The SMILES string of the molecule is CCOc1ccc2c(NC(=O)OC(C)(C)C)nn(C(=O)OC(C)(C)C)c2c1F. The van der Waals surface area contributed by atoms with E-state index < -0.39 is 29.2 Å². The first-order chi connectivity index (χ1) is 12.8. The number of hydrogen-bond acceptors (Lipinski definition) is 6. The van der Waals surface area contributed by atoms with Gasteiger partial charge in [0.1, 0.15) is 16.7 Å². The van der Waals surface area contributed by atoms with Gasteiger partial charge in [0.25, 0.3) is 0 Å². The maximum absolute atomic E-state index is 15.0. The number of fused-ring (bicyclic) bond motifs is 1. The molecule has 1 aromatic heterocycles. The van der Waals surface area contributed by atoms with Crippen molar-refractivity contribution in [2.75, 3.05) is 11.9 Å². The number of halogens is 1. The number of aromatic nitrogens is 2. The predicted molar refractivity (Wildman–Crippen MR) is 102 cm³/mol. The third-order valence-corrected chi connectivity index (χ3v) is 3.23. The number of hydrogen-bond donors (Lipinski definition) is 1. The Morgan fingerprint density at radius 3 is 2.25 bits per heavy atom. The quantitative estimate of drug-likeness (QED) is 0.810. The monoisotopic (exact) mass is 395 g/mol. The first-order valence-corrected chi connectivity index (χ1v) is 8.90. The van der Waals surface area contributed by atoms with Gasteiger partial charge in [0.2, 0.25) is 0 Å². The number of carbonyl (C=O) groups is 2. The van der Waals surface area contributed by atoms with Crippen LogP contribution in [-0.2, 0) is 9.47 Å². The molecule has 1 N–H and O–H groups in total. The smallest absolute Gasteiger partial charge is 0.435 e. The summed E-state index contributed by atoms with van der Waals surface area (Å²) in [5.41, 5.74) is -1.71. The predicted octanol–water partition coefficient (Wildman–Crippen LogP) is 4.70. The zero-order valence-electron chi connectivity index (χ0n) is 17.2. The second-order valence-electron chi connectivity index (χ2n) is 8.07. The molecule has 28 heavy (non-hydrogen) atoms. The van der Waals surface area contributed by atoms with Crippen LogP contribution >= 0.6 is 0 Å². The van der Waals surface area contributed by atoms with Gasteiger partial charge in [0, 0.05) is 5.39 Å². The minimum Gasteiger partial charge on any atom is -0.491 e. The zero-order chi connectivity index (χ0) is 21.3. The van der Waals surface area contributed by atoms with E-state index in [2.05, 4.69) is 10.4 Å². The van der Waals surface area contributed by atoms with Crippen molar-refractivity contribution in [3.63, 3.8) is 0 Å². The van der Waals surface area contributed by atoms with Crippen LogP contribution in [-0.4, -0.2) is 39.8 Å².